The molecule has 1 aliphatic rings. The predicted octanol–water partition coefficient (Wildman–Crippen LogP) is 2.68. The molecular formula is C16H21NO3. The zero-order valence-electron chi connectivity index (χ0n) is 12.0. The molecule has 20 heavy (non-hydrogen) atoms. The molecule has 4 nitrogen and oxygen atoms in total. The second-order valence-electron chi connectivity index (χ2n) is 4.92. The fraction of sp³-hybridized carbons (Fsp3) is 0.438. The monoisotopic (exact) mass is 275 g/mol. The van der Waals surface area contributed by atoms with Gasteiger partial charge >= 0.3 is 0 Å². The zero-order valence-corrected chi connectivity index (χ0v) is 12.0. The molecular weight excluding hydrogens is 254 g/mol. The molecule has 1 atom stereocenters. The fourth-order valence-electron chi connectivity index (χ4n) is 2.37. The van der Waals surface area contributed by atoms with E-state index in [4.69, 9.17) is 9.47 Å². The van der Waals surface area contributed by atoms with Crippen molar-refractivity contribution in [1.29, 1.82) is 0 Å². The van der Waals surface area contributed by atoms with Crippen LogP contribution < -0.4 is 14.8 Å². The van der Waals surface area contributed by atoms with Gasteiger partial charge in [-0.2, -0.15) is 0 Å². The van der Waals surface area contributed by atoms with Gasteiger partial charge in [-0.1, -0.05) is 12.2 Å². The predicted molar refractivity (Wildman–Crippen MR) is 77.9 cm³/mol. The summed E-state index contributed by atoms with van der Waals surface area (Å²) in [6.07, 6.45) is 7.01. The first-order valence-corrected chi connectivity index (χ1v) is 6.87. The van der Waals surface area contributed by atoms with Crippen LogP contribution in [0, 0.1) is 5.92 Å². The molecule has 1 aliphatic carbocycles. The molecule has 0 bridgehead atoms. The van der Waals surface area contributed by atoms with E-state index in [2.05, 4.69) is 17.5 Å². The van der Waals surface area contributed by atoms with Gasteiger partial charge in [0.15, 0.2) is 0 Å². The van der Waals surface area contributed by atoms with E-state index in [1.54, 1.807) is 14.2 Å². The smallest absolute Gasteiger partial charge is 0.220 e. The summed E-state index contributed by atoms with van der Waals surface area (Å²) < 4.78 is 10.5. The molecule has 1 unspecified atom stereocenters. The molecule has 1 aromatic carbocycles. The summed E-state index contributed by atoms with van der Waals surface area (Å²) in [6.45, 7) is 0.475. The lowest BCUT2D eigenvalue weighted by Crippen LogP contribution is -2.24. The minimum absolute atomic E-state index is 0.0828. The van der Waals surface area contributed by atoms with Crippen molar-refractivity contribution in [1.82, 2.24) is 5.32 Å². The lowest BCUT2D eigenvalue weighted by atomic mass is 10.0. The van der Waals surface area contributed by atoms with Crippen LogP contribution in [0.15, 0.2) is 30.4 Å². The van der Waals surface area contributed by atoms with Crippen LogP contribution in [-0.2, 0) is 11.3 Å². The van der Waals surface area contributed by atoms with E-state index >= 15 is 0 Å². The van der Waals surface area contributed by atoms with Crippen LogP contribution in [0.3, 0.4) is 0 Å². The van der Waals surface area contributed by atoms with Gasteiger partial charge in [-0.3, -0.25) is 4.79 Å². The highest BCUT2D eigenvalue weighted by Gasteiger charge is 2.14. The molecule has 0 spiro atoms. The third-order valence-corrected chi connectivity index (χ3v) is 3.53. The maximum atomic E-state index is 11.9. The Morgan fingerprint density at radius 2 is 2.20 bits per heavy atom. The average Bonchev–Trinajstić information content (AvgIpc) is 2.97. The molecule has 0 heterocycles. The summed E-state index contributed by atoms with van der Waals surface area (Å²) in [4.78, 5) is 11.9. The Balaban J connectivity index is 1.89. The highest BCUT2D eigenvalue weighted by Crippen LogP contribution is 2.24. The van der Waals surface area contributed by atoms with Crippen molar-refractivity contribution in [2.45, 2.75) is 25.8 Å². The van der Waals surface area contributed by atoms with E-state index in [9.17, 15) is 4.79 Å². The molecule has 1 N–H and O–H groups in total. The van der Waals surface area contributed by atoms with Gasteiger partial charge in [-0.25, -0.2) is 0 Å². The number of allylic oxidation sites excluding steroid dienone is 2. The Hall–Kier alpha value is -1.97. The van der Waals surface area contributed by atoms with E-state index in [0.29, 0.717) is 18.9 Å². The normalized spacial score (nSPS) is 17.0. The minimum Gasteiger partial charge on any atom is -0.497 e. The first-order valence-electron chi connectivity index (χ1n) is 6.87. The highest BCUT2D eigenvalue weighted by atomic mass is 16.5. The summed E-state index contributed by atoms with van der Waals surface area (Å²) in [5.74, 6) is 1.95. The molecule has 0 aromatic heterocycles. The first-order chi connectivity index (χ1) is 9.72. The molecule has 0 radical (unpaired) electrons. The third kappa shape index (κ3) is 3.76. The summed E-state index contributed by atoms with van der Waals surface area (Å²) in [6, 6.07) is 5.60. The van der Waals surface area contributed by atoms with Crippen LogP contribution in [0.5, 0.6) is 11.5 Å². The number of ether oxygens (including phenoxy) is 2. The molecule has 0 fully saturated rings. The molecule has 1 aromatic rings. The van der Waals surface area contributed by atoms with Crippen molar-refractivity contribution < 1.29 is 14.3 Å². The highest BCUT2D eigenvalue weighted by molar-refractivity contribution is 5.76. The second kappa shape index (κ2) is 6.98. The zero-order chi connectivity index (χ0) is 14.4. The van der Waals surface area contributed by atoms with Crippen LogP contribution in [0.4, 0.5) is 0 Å². The number of carbonyl (C=O) groups is 1. The Labute approximate surface area is 119 Å². The number of hydrogen-bond acceptors (Lipinski definition) is 3. The number of methoxy groups -OCH3 is 2. The molecule has 0 saturated heterocycles. The topological polar surface area (TPSA) is 47.6 Å². The summed E-state index contributed by atoms with van der Waals surface area (Å²) in [5, 5.41) is 2.94. The van der Waals surface area contributed by atoms with Gasteiger partial charge in [0.05, 0.1) is 14.2 Å². The molecule has 1 amide bonds. The van der Waals surface area contributed by atoms with Gasteiger partial charge in [0.25, 0.3) is 0 Å². The summed E-state index contributed by atoms with van der Waals surface area (Å²) in [7, 11) is 3.23. The maximum absolute atomic E-state index is 11.9. The van der Waals surface area contributed by atoms with Crippen molar-refractivity contribution in [3.63, 3.8) is 0 Å². The van der Waals surface area contributed by atoms with E-state index < -0.39 is 0 Å². The van der Waals surface area contributed by atoms with Gasteiger partial charge in [0, 0.05) is 24.6 Å². The Morgan fingerprint density at radius 1 is 1.35 bits per heavy atom. The van der Waals surface area contributed by atoms with Crippen molar-refractivity contribution in [2.24, 2.45) is 5.92 Å². The van der Waals surface area contributed by atoms with Gasteiger partial charge in [0.1, 0.15) is 11.5 Å². The van der Waals surface area contributed by atoms with Crippen LogP contribution in [0.25, 0.3) is 0 Å². The van der Waals surface area contributed by atoms with Gasteiger partial charge in [0.2, 0.25) is 5.91 Å². The largest absolute Gasteiger partial charge is 0.497 e. The number of nitrogens with one attached hydrogen (secondary N) is 1. The number of carbonyl (C=O) groups excluding carboxylic acids is 1. The molecule has 0 saturated carbocycles. The van der Waals surface area contributed by atoms with Crippen molar-refractivity contribution in [2.75, 3.05) is 14.2 Å². The van der Waals surface area contributed by atoms with E-state index in [-0.39, 0.29) is 5.91 Å². The standard InChI is InChI=1S/C16H21NO3/c1-19-14-8-7-13(15(10-14)20-2)11-17-16(18)9-12-5-3-4-6-12/h3,5,7-8,10,12H,4,6,9,11H2,1-2H3,(H,17,18). The lowest BCUT2D eigenvalue weighted by Gasteiger charge is -2.12. The molecule has 108 valence electrons. The fourth-order valence-corrected chi connectivity index (χ4v) is 2.37. The van der Waals surface area contributed by atoms with E-state index in [1.807, 2.05) is 18.2 Å². The number of benzene rings is 1. The Bertz CT molecular complexity index is 496. The number of hydrogen-bond donors (Lipinski definition) is 1. The first kappa shape index (κ1) is 14.4. The quantitative estimate of drug-likeness (QED) is 0.812. The third-order valence-electron chi connectivity index (χ3n) is 3.53. The van der Waals surface area contributed by atoms with E-state index in [0.717, 1.165) is 29.9 Å². The lowest BCUT2D eigenvalue weighted by molar-refractivity contribution is -0.121. The van der Waals surface area contributed by atoms with Crippen LogP contribution in [0.2, 0.25) is 0 Å². The van der Waals surface area contributed by atoms with Crippen LogP contribution in [-0.4, -0.2) is 20.1 Å². The molecule has 0 aliphatic heterocycles. The van der Waals surface area contributed by atoms with Crippen LogP contribution in [0.1, 0.15) is 24.8 Å². The van der Waals surface area contributed by atoms with Gasteiger partial charge in [-0.15, -0.1) is 0 Å². The van der Waals surface area contributed by atoms with Crippen molar-refractivity contribution >= 4 is 5.91 Å². The average molecular weight is 275 g/mol. The maximum Gasteiger partial charge on any atom is 0.220 e. The number of rotatable bonds is 6. The SMILES string of the molecule is COc1ccc(CNC(=O)CC2C=CCC2)c(OC)c1. The Kier molecular flexibility index (Phi) is 5.04. The summed E-state index contributed by atoms with van der Waals surface area (Å²) >= 11 is 0. The van der Waals surface area contributed by atoms with Crippen LogP contribution >= 0.6 is 0 Å². The summed E-state index contributed by atoms with van der Waals surface area (Å²) in [5.41, 5.74) is 0.948. The second-order valence-corrected chi connectivity index (χ2v) is 4.92. The van der Waals surface area contributed by atoms with Crippen molar-refractivity contribution in [3.8, 4) is 11.5 Å². The Morgan fingerprint density at radius 3 is 2.85 bits per heavy atom. The van der Waals surface area contributed by atoms with E-state index in [1.165, 1.54) is 0 Å². The minimum atomic E-state index is 0.0828. The molecule has 4 heteroatoms. The van der Waals surface area contributed by atoms with Gasteiger partial charge < -0.3 is 14.8 Å². The molecule has 2 rings (SSSR count). The van der Waals surface area contributed by atoms with Crippen molar-refractivity contribution in [3.05, 3.63) is 35.9 Å². The van der Waals surface area contributed by atoms with Gasteiger partial charge in [-0.05, 0) is 30.9 Å². The number of amides is 1.